The zero-order valence-electron chi connectivity index (χ0n) is 6.50. The van der Waals surface area contributed by atoms with Crippen LogP contribution < -0.4 is 5.32 Å². The van der Waals surface area contributed by atoms with E-state index < -0.39 is 17.1 Å². The van der Waals surface area contributed by atoms with Gasteiger partial charge in [-0.05, 0) is 56.6 Å². The maximum Gasteiger partial charge on any atom is 0.366 e. The molecular weight excluding hydrogens is 371 g/mol. The van der Waals surface area contributed by atoms with Crippen LogP contribution >= 0.6 is 80.0 Å². The summed E-state index contributed by atoms with van der Waals surface area (Å²) >= 11 is 31.4. The predicted molar refractivity (Wildman–Crippen MR) is 69.0 cm³/mol. The van der Waals surface area contributed by atoms with Crippen LogP contribution in [0.2, 0.25) is 0 Å². The molecule has 0 fully saturated rings. The van der Waals surface area contributed by atoms with Gasteiger partial charge in [-0.1, -0.05) is 11.6 Å². The van der Waals surface area contributed by atoms with Crippen molar-refractivity contribution in [1.82, 2.24) is 5.32 Å². The lowest BCUT2D eigenvalue weighted by Gasteiger charge is -2.02. The minimum atomic E-state index is -3.71. The van der Waals surface area contributed by atoms with Crippen LogP contribution in [-0.2, 0) is 9.13 Å². The van der Waals surface area contributed by atoms with Crippen molar-refractivity contribution in [1.29, 1.82) is 0 Å². The smallest absolute Gasteiger partial charge is 0.321 e. The molecule has 0 bridgehead atoms. The number of hydrogen-bond donors (Lipinski definition) is 1. The van der Waals surface area contributed by atoms with Crippen LogP contribution in [0.1, 0.15) is 0 Å². The number of nitrogens with zero attached hydrogens (tertiary/aromatic N) is 1. The lowest BCUT2D eigenvalue weighted by Crippen LogP contribution is -2.13. The van der Waals surface area contributed by atoms with E-state index in [1.807, 2.05) is 0 Å². The fourth-order valence-corrected chi connectivity index (χ4v) is 3.52. The van der Waals surface area contributed by atoms with Crippen LogP contribution in [0.3, 0.4) is 0 Å². The molecule has 0 aliphatic rings. The van der Waals surface area contributed by atoms with E-state index in [0.29, 0.717) is 0 Å². The third-order valence-electron chi connectivity index (χ3n) is 0.690. The molecule has 0 saturated carbocycles. The van der Waals surface area contributed by atoms with Crippen LogP contribution in [0.4, 0.5) is 0 Å². The molecule has 0 aromatic heterocycles. The third-order valence-corrected chi connectivity index (χ3v) is 3.37. The van der Waals surface area contributed by atoms with E-state index in [-0.39, 0.29) is 5.16 Å². The zero-order chi connectivity index (χ0) is 12.3. The standard InChI is InChI=1S/C3H2Cl6N2O2P2/c4-2(1-14(6,7)12)10-3(5)11-15(8,9)13/h1H,(H,10,11,13)/b2-1+. The van der Waals surface area contributed by atoms with Crippen LogP contribution in [0.25, 0.3) is 0 Å². The van der Waals surface area contributed by atoms with Crippen molar-refractivity contribution in [3.8, 4) is 0 Å². The summed E-state index contributed by atoms with van der Waals surface area (Å²) in [5, 5.41) is 1.44. The monoisotopic (exact) mass is 370 g/mol. The van der Waals surface area contributed by atoms with Crippen LogP contribution in [0.5, 0.6) is 0 Å². The van der Waals surface area contributed by atoms with Crippen LogP contribution in [0, 0.1) is 0 Å². The number of nitrogens with one attached hydrogen (secondary N) is 1. The van der Waals surface area contributed by atoms with Gasteiger partial charge in [0.2, 0.25) is 5.29 Å². The maximum absolute atomic E-state index is 10.8. The summed E-state index contributed by atoms with van der Waals surface area (Å²) in [6.07, 6.45) is 0. The molecule has 0 unspecified atom stereocenters. The van der Waals surface area contributed by atoms with Gasteiger partial charge in [0.15, 0.2) is 0 Å². The molecule has 0 heterocycles. The van der Waals surface area contributed by atoms with Gasteiger partial charge in [-0.25, -0.2) is 0 Å². The quantitative estimate of drug-likeness (QED) is 0.309. The Kier molecular flexibility index (Phi) is 6.97. The molecule has 0 rings (SSSR count). The highest BCUT2D eigenvalue weighted by Gasteiger charge is 2.14. The fraction of sp³-hybridized carbons (Fsp3) is 0. The summed E-state index contributed by atoms with van der Waals surface area (Å²) in [5.74, 6) is -6.39. The summed E-state index contributed by atoms with van der Waals surface area (Å²) in [6, 6.07) is 0. The Balaban J connectivity index is 4.65. The van der Waals surface area contributed by atoms with Gasteiger partial charge in [0, 0.05) is 5.82 Å². The lowest BCUT2D eigenvalue weighted by atomic mass is 10.9. The molecule has 4 nitrogen and oxygen atoms in total. The second kappa shape index (κ2) is 6.37. The Bertz CT molecular complexity index is 346. The van der Waals surface area contributed by atoms with Gasteiger partial charge in [-0.2, -0.15) is 4.76 Å². The molecule has 0 amide bonds. The van der Waals surface area contributed by atoms with Gasteiger partial charge >= 0.3 is 6.00 Å². The summed E-state index contributed by atoms with van der Waals surface area (Å²) < 4.78 is 24.7. The van der Waals surface area contributed by atoms with Crippen LogP contribution in [0.15, 0.2) is 15.7 Å². The van der Waals surface area contributed by atoms with Crippen molar-refractivity contribution in [2.24, 2.45) is 4.76 Å². The largest absolute Gasteiger partial charge is 0.366 e. The first-order valence-electron chi connectivity index (χ1n) is 2.89. The average molecular weight is 373 g/mol. The van der Waals surface area contributed by atoms with E-state index in [1.54, 1.807) is 0 Å². The molecule has 88 valence electrons. The van der Waals surface area contributed by atoms with E-state index in [1.165, 1.54) is 0 Å². The van der Waals surface area contributed by atoms with Crippen LogP contribution in [-0.4, -0.2) is 5.29 Å². The molecule has 0 aromatic carbocycles. The second-order valence-corrected chi connectivity index (χ2v) is 11.8. The van der Waals surface area contributed by atoms with Gasteiger partial charge < -0.3 is 5.32 Å². The van der Waals surface area contributed by atoms with Crippen molar-refractivity contribution in [3.05, 3.63) is 11.0 Å². The van der Waals surface area contributed by atoms with Crippen molar-refractivity contribution in [3.63, 3.8) is 0 Å². The summed E-state index contributed by atoms with van der Waals surface area (Å²) in [6.45, 7) is 0. The fourth-order valence-electron chi connectivity index (χ4n) is 0.390. The summed E-state index contributed by atoms with van der Waals surface area (Å²) in [7, 11) is 0. The predicted octanol–water partition coefficient (Wildman–Crippen LogP) is 5.46. The van der Waals surface area contributed by atoms with Gasteiger partial charge in [-0.3, -0.25) is 9.13 Å². The molecule has 12 heteroatoms. The SMILES string of the molecule is O=P(Cl)(Cl)/C=C(\Cl)N/C(Cl)=N/P(=O)(Cl)Cl. The van der Waals surface area contributed by atoms with E-state index >= 15 is 0 Å². The Morgan fingerprint density at radius 1 is 1.13 bits per heavy atom. The first-order valence-corrected chi connectivity index (χ1v) is 10.7. The number of amidine groups is 1. The summed E-state index contributed by atoms with van der Waals surface area (Å²) in [5.41, 5.74) is 0. The van der Waals surface area contributed by atoms with Crippen molar-refractivity contribution in [2.75, 3.05) is 0 Å². The Morgan fingerprint density at radius 2 is 1.60 bits per heavy atom. The van der Waals surface area contributed by atoms with Gasteiger partial charge in [0.1, 0.15) is 5.16 Å². The molecule has 0 aliphatic heterocycles. The van der Waals surface area contributed by atoms with Gasteiger partial charge in [0.25, 0.3) is 5.85 Å². The zero-order valence-corrected chi connectivity index (χ0v) is 12.8. The van der Waals surface area contributed by atoms with E-state index in [4.69, 9.17) is 68.2 Å². The van der Waals surface area contributed by atoms with Gasteiger partial charge in [-0.15, -0.1) is 0 Å². The molecule has 0 spiro atoms. The highest BCUT2D eigenvalue weighted by atomic mass is 35.9. The highest BCUT2D eigenvalue weighted by Crippen LogP contribution is 2.59. The van der Waals surface area contributed by atoms with E-state index in [9.17, 15) is 9.13 Å². The number of rotatable bonds is 3. The molecule has 1 N–H and O–H groups in total. The average Bonchev–Trinajstić information content (AvgIpc) is 1.73. The minimum Gasteiger partial charge on any atom is -0.321 e. The number of hydrogen-bond acceptors (Lipinski definition) is 2. The lowest BCUT2D eigenvalue weighted by molar-refractivity contribution is 0.593. The molecule has 0 aromatic rings. The first-order chi connectivity index (χ1) is 6.49. The molecule has 0 saturated heterocycles. The van der Waals surface area contributed by atoms with E-state index in [2.05, 4.69) is 10.1 Å². The molecule has 15 heavy (non-hydrogen) atoms. The minimum absolute atomic E-state index is 0.265. The molecule has 0 atom stereocenters. The van der Waals surface area contributed by atoms with Gasteiger partial charge in [0.05, 0.1) is 0 Å². The van der Waals surface area contributed by atoms with Crippen molar-refractivity contribution in [2.45, 2.75) is 0 Å². The van der Waals surface area contributed by atoms with Crippen molar-refractivity contribution >= 4 is 85.3 Å². The molecule has 0 radical (unpaired) electrons. The Labute approximate surface area is 115 Å². The Hall–Kier alpha value is 1.41. The van der Waals surface area contributed by atoms with E-state index in [0.717, 1.165) is 5.82 Å². The number of halogens is 6. The third kappa shape index (κ3) is 11.7. The highest BCUT2D eigenvalue weighted by molar-refractivity contribution is 8.10. The summed E-state index contributed by atoms with van der Waals surface area (Å²) in [4.78, 5) is 0. The maximum atomic E-state index is 10.8. The Morgan fingerprint density at radius 3 is 1.93 bits per heavy atom. The molecular formula is C3H2Cl6N2O2P2. The first kappa shape index (κ1) is 16.4. The van der Waals surface area contributed by atoms with Crippen molar-refractivity contribution < 1.29 is 9.13 Å². The topological polar surface area (TPSA) is 58.5 Å². The molecule has 0 aliphatic carbocycles. The second-order valence-electron chi connectivity index (χ2n) is 1.93. The normalized spacial score (nSPS) is 15.3.